The Morgan fingerprint density at radius 2 is 2.13 bits per heavy atom. The highest BCUT2D eigenvalue weighted by atomic mass is 19.3. The standard InChI is InChI=1S/C10H7F2NO2/c11-9(12)7-4-13-8-2-1-5(10(14)15)3-6(7)8/h1-4,9,13H,(H,14,15). The average molecular weight is 211 g/mol. The average Bonchev–Trinajstić information content (AvgIpc) is 2.59. The first kappa shape index (κ1) is 9.64. The fraction of sp³-hybridized carbons (Fsp3) is 0.100. The third-order valence-corrected chi connectivity index (χ3v) is 2.20. The summed E-state index contributed by atoms with van der Waals surface area (Å²) in [6, 6.07) is 4.09. The summed E-state index contributed by atoms with van der Waals surface area (Å²) in [5.41, 5.74) is 0.340. The Morgan fingerprint density at radius 3 is 2.73 bits per heavy atom. The van der Waals surface area contributed by atoms with Crippen molar-refractivity contribution >= 4 is 16.9 Å². The van der Waals surface area contributed by atoms with Gasteiger partial charge in [0.2, 0.25) is 0 Å². The fourth-order valence-corrected chi connectivity index (χ4v) is 1.46. The van der Waals surface area contributed by atoms with E-state index in [2.05, 4.69) is 4.98 Å². The summed E-state index contributed by atoms with van der Waals surface area (Å²) in [4.78, 5) is 13.3. The van der Waals surface area contributed by atoms with Crippen LogP contribution in [0.5, 0.6) is 0 Å². The Bertz CT molecular complexity index is 519. The third-order valence-electron chi connectivity index (χ3n) is 2.20. The van der Waals surface area contributed by atoms with Crippen molar-refractivity contribution in [2.75, 3.05) is 0 Å². The van der Waals surface area contributed by atoms with Gasteiger partial charge in [0, 0.05) is 22.7 Å². The summed E-state index contributed by atoms with van der Waals surface area (Å²) in [5.74, 6) is -1.13. The van der Waals surface area contributed by atoms with E-state index in [0.717, 1.165) is 0 Å². The predicted octanol–water partition coefficient (Wildman–Crippen LogP) is 2.80. The molecule has 0 amide bonds. The maximum atomic E-state index is 12.5. The molecule has 0 unspecified atom stereocenters. The summed E-state index contributed by atoms with van der Waals surface area (Å²) in [7, 11) is 0. The minimum atomic E-state index is -2.61. The maximum absolute atomic E-state index is 12.5. The monoisotopic (exact) mass is 211 g/mol. The second-order valence-corrected chi connectivity index (χ2v) is 3.11. The quantitative estimate of drug-likeness (QED) is 0.802. The van der Waals surface area contributed by atoms with Crippen molar-refractivity contribution in [2.45, 2.75) is 6.43 Å². The molecule has 0 saturated heterocycles. The van der Waals surface area contributed by atoms with Crippen molar-refractivity contribution < 1.29 is 18.7 Å². The second kappa shape index (κ2) is 3.34. The van der Waals surface area contributed by atoms with Gasteiger partial charge in [-0.2, -0.15) is 0 Å². The Morgan fingerprint density at radius 1 is 1.40 bits per heavy atom. The molecule has 15 heavy (non-hydrogen) atoms. The zero-order valence-electron chi connectivity index (χ0n) is 7.50. The number of alkyl halides is 2. The Hall–Kier alpha value is -1.91. The van der Waals surface area contributed by atoms with Crippen molar-refractivity contribution in [3.05, 3.63) is 35.5 Å². The number of aromatic carboxylic acids is 1. The number of aromatic amines is 1. The van der Waals surface area contributed by atoms with Crippen LogP contribution in [0.4, 0.5) is 8.78 Å². The molecule has 0 saturated carbocycles. The molecule has 0 atom stereocenters. The maximum Gasteiger partial charge on any atom is 0.335 e. The smallest absolute Gasteiger partial charge is 0.335 e. The van der Waals surface area contributed by atoms with Gasteiger partial charge >= 0.3 is 5.97 Å². The summed E-state index contributed by atoms with van der Waals surface area (Å²) >= 11 is 0. The van der Waals surface area contributed by atoms with E-state index < -0.39 is 12.4 Å². The lowest BCUT2D eigenvalue weighted by Crippen LogP contribution is -1.95. The third kappa shape index (κ3) is 1.56. The first-order valence-electron chi connectivity index (χ1n) is 4.22. The molecule has 0 aliphatic heterocycles. The van der Waals surface area contributed by atoms with E-state index in [1.165, 1.54) is 24.4 Å². The van der Waals surface area contributed by atoms with E-state index in [0.29, 0.717) is 5.52 Å². The molecule has 1 aromatic carbocycles. The van der Waals surface area contributed by atoms with Crippen LogP contribution in [-0.4, -0.2) is 16.1 Å². The Balaban J connectivity index is 2.66. The number of H-pyrrole nitrogens is 1. The van der Waals surface area contributed by atoms with Crippen molar-refractivity contribution in [3.63, 3.8) is 0 Å². The number of carboxylic acid groups (broad SMARTS) is 1. The number of nitrogens with one attached hydrogen (secondary N) is 1. The van der Waals surface area contributed by atoms with E-state index in [1.54, 1.807) is 0 Å². The minimum Gasteiger partial charge on any atom is -0.478 e. The minimum absolute atomic E-state index is 0.00370. The molecule has 1 aromatic heterocycles. The molecule has 78 valence electrons. The van der Waals surface area contributed by atoms with Crippen LogP contribution >= 0.6 is 0 Å². The lowest BCUT2D eigenvalue weighted by molar-refractivity contribution is 0.0697. The van der Waals surface area contributed by atoms with Crippen LogP contribution in [0.3, 0.4) is 0 Å². The highest BCUT2D eigenvalue weighted by Crippen LogP contribution is 2.28. The predicted molar refractivity (Wildman–Crippen MR) is 50.2 cm³/mol. The SMILES string of the molecule is O=C(O)c1ccc2[nH]cc(C(F)F)c2c1. The molecule has 2 rings (SSSR count). The summed E-state index contributed by atoms with van der Waals surface area (Å²) in [6.07, 6.45) is -1.41. The van der Waals surface area contributed by atoms with Gasteiger partial charge in [-0.05, 0) is 18.2 Å². The van der Waals surface area contributed by atoms with Crippen molar-refractivity contribution in [2.24, 2.45) is 0 Å². The molecule has 0 aliphatic rings. The molecule has 2 N–H and O–H groups in total. The first-order chi connectivity index (χ1) is 7.09. The van der Waals surface area contributed by atoms with Crippen molar-refractivity contribution in [3.8, 4) is 0 Å². The number of hydrogen-bond donors (Lipinski definition) is 2. The first-order valence-corrected chi connectivity index (χ1v) is 4.22. The van der Waals surface area contributed by atoms with Gasteiger partial charge in [0.1, 0.15) is 0 Å². The van der Waals surface area contributed by atoms with Gasteiger partial charge in [0.25, 0.3) is 6.43 Å². The molecule has 2 aromatic rings. The molecular weight excluding hydrogens is 204 g/mol. The van der Waals surface area contributed by atoms with Crippen LogP contribution in [0.25, 0.3) is 10.9 Å². The summed E-state index contributed by atoms with van der Waals surface area (Å²) in [6.45, 7) is 0. The molecule has 0 spiro atoms. The second-order valence-electron chi connectivity index (χ2n) is 3.11. The number of halogens is 2. The van der Waals surface area contributed by atoms with Crippen LogP contribution in [-0.2, 0) is 0 Å². The topological polar surface area (TPSA) is 53.1 Å². The van der Waals surface area contributed by atoms with Gasteiger partial charge in [-0.3, -0.25) is 0 Å². The van der Waals surface area contributed by atoms with Crippen molar-refractivity contribution in [1.82, 2.24) is 4.98 Å². The van der Waals surface area contributed by atoms with Crippen molar-refractivity contribution in [1.29, 1.82) is 0 Å². The van der Waals surface area contributed by atoms with E-state index in [4.69, 9.17) is 5.11 Å². The number of hydrogen-bond acceptors (Lipinski definition) is 1. The van der Waals surface area contributed by atoms with Crippen LogP contribution in [0, 0.1) is 0 Å². The molecule has 0 bridgehead atoms. The number of aromatic nitrogens is 1. The number of rotatable bonds is 2. The number of benzene rings is 1. The summed E-state index contributed by atoms with van der Waals surface area (Å²) in [5, 5.41) is 8.97. The molecule has 0 aliphatic carbocycles. The van der Waals surface area contributed by atoms with Gasteiger partial charge in [0.05, 0.1) is 5.56 Å². The van der Waals surface area contributed by atoms with Crippen LogP contribution in [0.2, 0.25) is 0 Å². The lowest BCUT2D eigenvalue weighted by Gasteiger charge is -1.98. The summed E-state index contributed by atoms with van der Waals surface area (Å²) < 4.78 is 25.0. The largest absolute Gasteiger partial charge is 0.478 e. The van der Waals surface area contributed by atoms with Gasteiger partial charge in [-0.25, -0.2) is 13.6 Å². The Labute approximate surface area is 83.3 Å². The number of carbonyl (C=O) groups is 1. The van der Waals surface area contributed by atoms with Gasteiger partial charge in [-0.1, -0.05) is 0 Å². The molecule has 1 heterocycles. The van der Waals surface area contributed by atoms with E-state index in [9.17, 15) is 13.6 Å². The van der Waals surface area contributed by atoms with Gasteiger partial charge < -0.3 is 10.1 Å². The highest BCUT2D eigenvalue weighted by molar-refractivity contribution is 5.94. The highest BCUT2D eigenvalue weighted by Gasteiger charge is 2.14. The van der Waals surface area contributed by atoms with E-state index >= 15 is 0 Å². The Kier molecular flexibility index (Phi) is 2.15. The zero-order chi connectivity index (χ0) is 11.0. The molecule has 5 heteroatoms. The van der Waals surface area contributed by atoms with Gasteiger partial charge in [-0.15, -0.1) is 0 Å². The fourth-order valence-electron chi connectivity index (χ4n) is 1.46. The number of fused-ring (bicyclic) bond motifs is 1. The normalized spacial score (nSPS) is 11.1. The van der Waals surface area contributed by atoms with Crippen LogP contribution < -0.4 is 0 Å². The molecule has 3 nitrogen and oxygen atoms in total. The molecule has 0 radical (unpaired) electrons. The number of carboxylic acids is 1. The van der Waals surface area contributed by atoms with Crippen LogP contribution in [0.15, 0.2) is 24.4 Å². The molecule has 0 fully saturated rings. The van der Waals surface area contributed by atoms with Gasteiger partial charge in [0.15, 0.2) is 0 Å². The van der Waals surface area contributed by atoms with E-state index in [-0.39, 0.29) is 16.5 Å². The lowest BCUT2D eigenvalue weighted by atomic mass is 10.1. The molecular formula is C10H7F2NO2. The zero-order valence-corrected chi connectivity index (χ0v) is 7.50. The van der Waals surface area contributed by atoms with E-state index in [1.807, 2.05) is 0 Å². The van der Waals surface area contributed by atoms with Crippen LogP contribution in [0.1, 0.15) is 22.3 Å².